The lowest BCUT2D eigenvalue weighted by Crippen LogP contribution is -2.52. The average Bonchev–Trinajstić information content (AvgIpc) is 3.12. The van der Waals surface area contributed by atoms with E-state index in [0.29, 0.717) is 11.8 Å². The predicted octanol–water partition coefficient (Wildman–Crippen LogP) is 3.84. The molecule has 2 atom stereocenters. The fraction of sp³-hybridized carbons (Fsp3) is 0.519. The fourth-order valence-corrected chi connectivity index (χ4v) is 6.62. The Bertz CT molecular complexity index is 983. The Kier molecular flexibility index (Phi) is 4.38. The van der Waals surface area contributed by atoms with Gasteiger partial charge in [0.25, 0.3) is 0 Å². The number of rotatable bonds is 4. The number of benzene rings is 2. The summed E-state index contributed by atoms with van der Waals surface area (Å²) in [6, 6.07) is 12.1. The van der Waals surface area contributed by atoms with Gasteiger partial charge in [0, 0.05) is 24.2 Å². The van der Waals surface area contributed by atoms with Gasteiger partial charge in [-0.15, -0.1) is 0 Å². The zero-order valence-corrected chi connectivity index (χ0v) is 18.5. The summed E-state index contributed by atoms with van der Waals surface area (Å²) in [7, 11) is 0. The number of carbonyl (C=O) groups excluding carboxylic acids is 1. The first-order chi connectivity index (χ1) is 15.7. The summed E-state index contributed by atoms with van der Waals surface area (Å²) >= 11 is 0. The van der Waals surface area contributed by atoms with Crippen molar-refractivity contribution in [2.75, 3.05) is 39.3 Å². The van der Waals surface area contributed by atoms with E-state index in [1.807, 2.05) is 24.3 Å². The van der Waals surface area contributed by atoms with Crippen LogP contribution in [0.3, 0.4) is 0 Å². The minimum Gasteiger partial charge on any atom is -0.489 e. The maximum Gasteiger partial charge on any atom is 0.194 e. The molecule has 1 unspecified atom stereocenters. The van der Waals surface area contributed by atoms with Gasteiger partial charge in [-0.2, -0.15) is 0 Å². The first-order valence-electron chi connectivity index (χ1n) is 12.3. The smallest absolute Gasteiger partial charge is 0.194 e. The van der Waals surface area contributed by atoms with Gasteiger partial charge >= 0.3 is 0 Å². The zero-order chi connectivity index (χ0) is 21.2. The van der Waals surface area contributed by atoms with Crippen LogP contribution in [-0.2, 0) is 0 Å². The van der Waals surface area contributed by atoms with Crippen LogP contribution in [-0.4, -0.2) is 67.1 Å². The van der Waals surface area contributed by atoms with E-state index in [1.165, 1.54) is 51.9 Å². The maximum atomic E-state index is 13.3. The quantitative estimate of drug-likeness (QED) is 0.629. The van der Waals surface area contributed by atoms with E-state index in [1.54, 1.807) is 0 Å². The van der Waals surface area contributed by atoms with Crippen LogP contribution in [0.2, 0.25) is 0 Å². The molecule has 5 nitrogen and oxygen atoms in total. The van der Waals surface area contributed by atoms with Gasteiger partial charge in [-0.1, -0.05) is 0 Å². The second-order valence-electron chi connectivity index (χ2n) is 10.3. The summed E-state index contributed by atoms with van der Waals surface area (Å²) in [5.74, 6) is 3.04. The SMILES string of the molecule is O=C1c2cc(OC3CN4CCC3CC4)ccc2-c2ccc(O[C@@H]3CN4CCC3CC4)cc21. The van der Waals surface area contributed by atoms with Crippen LogP contribution in [0.15, 0.2) is 36.4 Å². The van der Waals surface area contributed by atoms with Crippen LogP contribution in [0.5, 0.6) is 11.5 Å². The Labute approximate surface area is 189 Å². The zero-order valence-electron chi connectivity index (χ0n) is 18.5. The summed E-state index contributed by atoms with van der Waals surface area (Å²) in [6.07, 6.45) is 5.39. The van der Waals surface area contributed by atoms with Gasteiger partial charge in [-0.25, -0.2) is 0 Å². The molecule has 6 fully saturated rings. The number of hydrogen-bond acceptors (Lipinski definition) is 5. The lowest BCUT2D eigenvalue weighted by Gasteiger charge is -2.44. The van der Waals surface area contributed by atoms with Gasteiger partial charge in [-0.3, -0.25) is 14.6 Å². The Balaban J connectivity index is 1.11. The summed E-state index contributed by atoms with van der Waals surface area (Å²) < 4.78 is 12.8. The molecular formula is C27H30N2O3. The Morgan fingerprint density at radius 2 is 1.06 bits per heavy atom. The molecule has 32 heavy (non-hydrogen) atoms. The third-order valence-corrected chi connectivity index (χ3v) is 8.53. The molecule has 0 aromatic heterocycles. The Morgan fingerprint density at radius 1 is 0.625 bits per heavy atom. The highest BCUT2D eigenvalue weighted by molar-refractivity contribution is 6.22. The van der Waals surface area contributed by atoms with Crippen molar-refractivity contribution in [2.45, 2.75) is 37.9 Å². The molecule has 0 amide bonds. The monoisotopic (exact) mass is 430 g/mol. The van der Waals surface area contributed by atoms with E-state index in [-0.39, 0.29) is 18.0 Å². The van der Waals surface area contributed by atoms with E-state index in [4.69, 9.17) is 9.47 Å². The molecule has 1 aliphatic carbocycles. The normalized spacial score (nSPS) is 34.3. The van der Waals surface area contributed by atoms with Crippen LogP contribution in [0.4, 0.5) is 0 Å². The molecule has 0 spiro atoms. The van der Waals surface area contributed by atoms with Gasteiger partial charge in [0.1, 0.15) is 23.7 Å². The molecule has 2 aromatic rings. The number of fused-ring (bicyclic) bond motifs is 9. The van der Waals surface area contributed by atoms with Crippen molar-refractivity contribution < 1.29 is 14.3 Å². The molecule has 6 heterocycles. The summed E-state index contributed by atoms with van der Waals surface area (Å²) in [5.41, 5.74) is 3.55. The molecule has 0 N–H and O–H groups in total. The molecule has 4 bridgehead atoms. The van der Waals surface area contributed by atoms with Crippen LogP contribution >= 0.6 is 0 Å². The highest BCUT2D eigenvalue weighted by atomic mass is 16.5. The molecule has 0 saturated carbocycles. The summed E-state index contributed by atoms with van der Waals surface area (Å²) in [5, 5.41) is 0. The Morgan fingerprint density at radius 3 is 1.44 bits per heavy atom. The highest BCUT2D eigenvalue weighted by Gasteiger charge is 2.37. The molecule has 166 valence electrons. The fourth-order valence-electron chi connectivity index (χ4n) is 6.62. The van der Waals surface area contributed by atoms with Crippen molar-refractivity contribution in [1.82, 2.24) is 9.80 Å². The molecular weight excluding hydrogens is 400 g/mol. The number of hydrogen-bond donors (Lipinski definition) is 0. The molecule has 6 aliphatic heterocycles. The third-order valence-electron chi connectivity index (χ3n) is 8.53. The van der Waals surface area contributed by atoms with Crippen molar-refractivity contribution in [2.24, 2.45) is 11.8 Å². The molecule has 5 heteroatoms. The number of ether oxygens (including phenoxy) is 2. The van der Waals surface area contributed by atoms with E-state index >= 15 is 0 Å². The molecule has 9 rings (SSSR count). The maximum absolute atomic E-state index is 13.3. The van der Waals surface area contributed by atoms with Crippen molar-refractivity contribution in [3.05, 3.63) is 47.5 Å². The molecule has 2 aromatic carbocycles. The van der Waals surface area contributed by atoms with Crippen molar-refractivity contribution in [3.63, 3.8) is 0 Å². The lowest BCUT2D eigenvalue weighted by atomic mass is 9.86. The molecule has 6 saturated heterocycles. The minimum absolute atomic E-state index is 0.0914. The van der Waals surface area contributed by atoms with Crippen LogP contribution in [0.25, 0.3) is 11.1 Å². The first-order valence-corrected chi connectivity index (χ1v) is 12.3. The van der Waals surface area contributed by atoms with E-state index < -0.39 is 0 Å². The number of piperidine rings is 6. The van der Waals surface area contributed by atoms with Crippen LogP contribution in [0, 0.1) is 11.8 Å². The third kappa shape index (κ3) is 3.09. The van der Waals surface area contributed by atoms with Gasteiger partial charge < -0.3 is 9.47 Å². The summed E-state index contributed by atoms with van der Waals surface area (Å²) in [6.45, 7) is 6.82. The second-order valence-corrected chi connectivity index (χ2v) is 10.3. The van der Waals surface area contributed by atoms with E-state index in [0.717, 1.165) is 46.8 Å². The molecule has 7 aliphatic rings. The van der Waals surface area contributed by atoms with Gasteiger partial charge in [0.05, 0.1) is 0 Å². The van der Waals surface area contributed by atoms with E-state index in [9.17, 15) is 4.79 Å². The van der Waals surface area contributed by atoms with Crippen molar-refractivity contribution in [1.29, 1.82) is 0 Å². The van der Waals surface area contributed by atoms with Crippen molar-refractivity contribution >= 4 is 5.78 Å². The topological polar surface area (TPSA) is 42.0 Å². The largest absolute Gasteiger partial charge is 0.489 e. The minimum atomic E-state index is 0.0914. The lowest BCUT2D eigenvalue weighted by molar-refractivity contribution is -0.00779. The number of ketones is 1. The van der Waals surface area contributed by atoms with Gasteiger partial charge in [0.2, 0.25) is 0 Å². The van der Waals surface area contributed by atoms with Gasteiger partial charge in [-0.05, 0) is 111 Å². The standard InChI is InChI=1S/C27H30N2O3/c30-27-23-13-19(31-25-15-28-9-5-17(25)6-10-28)1-3-21(23)22-4-2-20(14-24(22)27)32-26-16-29-11-7-18(26)8-12-29/h1-4,13-14,17-18,25-26H,5-12,15-16H2/t25-,26?/m1/s1. The highest BCUT2D eigenvalue weighted by Crippen LogP contribution is 2.41. The predicted molar refractivity (Wildman–Crippen MR) is 122 cm³/mol. The second kappa shape index (κ2) is 7.32. The first kappa shape index (κ1) is 19.1. The van der Waals surface area contributed by atoms with Crippen molar-refractivity contribution in [3.8, 4) is 22.6 Å². The van der Waals surface area contributed by atoms with Gasteiger partial charge in [0.15, 0.2) is 5.78 Å². The van der Waals surface area contributed by atoms with Crippen LogP contribution in [0.1, 0.15) is 41.6 Å². The van der Waals surface area contributed by atoms with Crippen LogP contribution < -0.4 is 9.47 Å². The molecule has 0 radical (unpaired) electrons. The summed E-state index contributed by atoms with van der Waals surface area (Å²) in [4.78, 5) is 18.3. The Hall–Kier alpha value is -2.37. The number of carbonyl (C=O) groups is 1. The average molecular weight is 431 g/mol. The van der Waals surface area contributed by atoms with E-state index in [2.05, 4.69) is 21.9 Å². The number of nitrogens with zero attached hydrogens (tertiary/aromatic N) is 2.